The van der Waals surface area contributed by atoms with Gasteiger partial charge >= 0.3 is 0 Å². The number of hydrogen-bond donors (Lipinski definition) is 0. The van der Waals surface area contributed by atoms with Crippen molar-refractivity contribution in [2.75, 3.05) is 14.1 Å². The van der Waals surface area contributed by atoms with Crippen LogP contribution >= 0.6 is 0 Å². The summed E-state index contributed by atoms with van der Waals surface area (Å²) in [6, 6.07) is 0.447. The second kappa shape index (κ2) is 1.75. The van der Waals surface area contributed by atoms with E-state index in [4.69, 9.17) is 0 Å². The van der Waals surface area contributed by atoms with Crippen LogP contribution in [0.4, 0.5) is 0 Å². The van der Waals surface area contributed by atoms with Crippen LogP contribution in [-0.2, 0) is 0 Å². The lowest BCUT2D eigenvalue weighted by molar-refractivity contribution is 0.239. The lowest BCUT2D eigenvalue weighted by Gasteiger charge is -2.30. The first-order valence-corrected chi connectivity index (χ1v) is 3.98. The van der Waals surface area contributed by atoms with E-state index in [1.165, 1.54) is 5.57 Å². The maximum atomic E-state index is 4.40. The van der Waals surface area contributed by atoms with Gasteiger partial charge in [0, 0.05) is 12.1 Å². The molecule has 1 fully saturated rings. The van der Waals surface area contributed by atoms with Gasteiger partial charge in [0.2, 0.25) is 0 Å². The summed E-state index contributed by atoms with van der Waals surface area (Å²) in [4.78, 5) is 6.62. The van der Waals surface area contributed by atoms with Gasteiger partial charge in [-0.15, -0.1) is 0 Å². The van der Waals surface area contributed by atoms with Crippen molar-refractivity contribution in [3.05, 3.63) is 12.2 Å². The maximum absolute atomic E-state index is 4.40. The fourth-order valence-corrected chi connectivity index (χ4v) is 1.88. The molecule has 0 spiro atoms. The standard InChI is InChI=1S/C9H14N2/c1-6-7-8(6)10-5-9(7,2)11(3)4/h5,7-8H,1H2,2-4H3/t7-,8?,9?/m1/s1. The predicted molar refractivity (Wildman–Crippen MR) is 47.0 cm³/mol. The largest absolute Gasteiger partial charge is 0.299 e. The Balaban J connectivity index is 2.29. The summed E-state index contributed by atoms with van der Waals surface area (Å²) < 4.78 is 0. The van der Waals surface area contributed by atoms with E-state index in [1.807, 2.05) is 0 Å². The van der Waals surface area contributed by atoms with E-state index in [9.17, 15) is 0 Å². The minimum absolute atomic E-state index is 0.141. The molecule has 2 aliphatic rings. The van der Waals surface area contributed by atoms with Crippen LogP contribution < -0.4 is 0 Å². The number of hydrogen-bond acceptors (Lipinski definition) is 2. The van der Waals surface area contributed by atoms with Crippen LogP contribution in [0.2, 0.25) is 0 Å². The molecule has 0 aromatic carbocycles. The van der Waals surface area contributed by atoms with E-state index in [2.05, 4.69) is 43.7 Å². The Hall–Kier alpha value is -0.630. The Morgan fingerprint density at radius 1 is 1.64 bits per heavy atom. The van der Waals surface area contributed by atoms with Crippen molar-refractivity contribution in [1.29, 1.82) is 0 Å². The molecule has 0 N–H and O–H groups in total. The number of fused-ring (bicyclic) bond motifs is 1. The minimum atomic E-state index is 0.141. The van der Waals surface area contributed by atoms with Crippen molar-refractivity contribution in [2.24, 2.45) is 10.9 Å². The fraction of sp³-hybridized carbons (Fsp3) is 0.667. The lowest BCUT2D eigenvalue weighted by Crippen LogP contribution is -2.43. The summed E-state index contributed by atoms with van der Waals surface area (Å²) in [6.07, 6.45) is 2.07. The Labute approximate surface area is 67.6 Å². The quantitative estimate of drug-likeness (QED) is 0.508. The first-order chi connectivity index (χ1) is 5.07. The van der Waals surface area contributed by atoms with Crippen molar-refractivity contribution in [3.63, 3.8) is 0 Å². The average molecular weight is 150 g/mol. The third-order valence-electron chi connectivity index (χ3n) is 3.08. The van der Waals surface area contributed by atoms with Gasteiger partial charge in [-0.2, -0.15) is 0 Å². The van der Waals surface area contributed by atoms with E-state index in [0.29, 0.717) is 12.0 Å². The minimum Gasteiger partial charge on any atom is -0.299 e. The molecule has 2 nitrogen and oxygen atoms in total. The second-order valence-electron chi connectivity index (χ2n) is 3.90. The molecule has 0 aromatic heterocycles. The molecule has 2 unspecified atom stereocenters. The Morgan fingerprint density at radius 3 is 2.55 bits per heavy atom. The van der Waals surface area contributed by atoms with Crippen molar-refractivity contribution in [1.82, 2.24) is 4.90 Å². The summed E-state index contributed by atoms with van der Waals surface area (Å²) in [5.74, 6) is 0.595. The summed E-state index contributed by atoms with van der Waals surface area (Å²) in [7, 11) is 4.19. The van der Waals surface area contributed by atoms with Crippen LogP contribution in [-0.4, -0.2) is 36.8 Å². The molecule has 2 heteroatoms. The van der Waals surface area contributed by atoms with Crippen LogP contribution in [0.25, 0.3) is 0 Å². The van der Waals surface area contributed by atoms with Gasteiger partial charge in [0.05, 0.1) is 11.6 Å². The first kappa shape index (κ1) is 7.04. The molecular formula is C9H14N2. The molecule has 0 radical (unpaired) electrons. The van der Waals surface area contributed by atoms with E-state index in [1.54, 1.807) is 0 Å². The van der Waals surface area contributed by atoms with Crippen LogP contribution in [0.15, 0.2) is 17.1 Å². The fourth-order valence-electron chi connectivity index (χ4n) is 1.88. The highest BCUT2D eigenvalue weighted by atomic mass is 15.2. The molecule has 1 aliphatic heterocycles. The highest BCUT2D eigenvalue weighted by molar-refractivity contribution is 5.79. The zero-order chi connectivity index (χ0) is 8.22. The molecule has 2 rings (SSSR count). The Morgan fingerprint density at radius 2 is 2.27 bits per heavy atom. The molecule has 0 aromatic rings. The summed E-state index contributed by atoms with van der Waals surface area (Å²) in [5, 5.41) is 0. The van der Waals surface area contributed by atoms with Gasteiger partial charge in [-0.3, -0.25) is 9.89 Å². The third-order valence-corrected chi connectivity index (χ3v) is 3.08. The van der Waals surface area contributed by atoms with E-state index in [0.717, 1.165) is 0 Å². The predicted octanol–water partition coefficient (Wildman–Crippen LogP) is 0.946. The molecule has 1 aliphatic carbocycles. The molecule has 11 heavy (non-hydrogen) atoms. The molecule has 0 bridgehead atoms. The number of aliphatic imine (C=N–C) groups is 1. The molecule has 1 saturated carbocycles. The average Bonchev–Trinajstić information content (AvgIpc) is 2.38. The van der Waals surface area contributed by atoms with Crippen LogP contribution in [0.3, 0.4) is 0 Å². The van der Waals surface area contributed by atoms with E-state index >= 15 is 0 Å². The van der Waals surface area contributed by atoms with Gasteiger partial charge in [-0.25, -0.2) is 0 Å². The van der Waals surface area contributed by atoms with Gasteiger partial charge < -0.3 is 0 Å². The maximum Gasteiger partial charge on any atom is 0.0795 e. The Kier molecular flexibility index (Phi) is 1.12. The molecule has 0 amide bonds. The number of rotatable bonds is 1. The van der Waals surface area contributed by atoms with Gasteiger partial charge in [0.15, 0.2) is 0 Å². The van der Waals surface area contributed by atoms with Crippen molar-refractivity contribution in [2.45, 2.75) is 18.5 Å². The van der Waals surface area contributed by atoms with Crippen LogP contribution in [0, 0.1) is 5.92 Å². The Bertz CT molecular complexity index is 242. The molecular weight excluding hydrogens is 136 g/mol. The lowest BCUT2D eigenvalue weighted by atomic mass is 9.97. The SMILES string of the molecule is C=C1C2N=CC(C)(N(C)C)[C@H]12. The second-order valence-corrected chi connectivity index (χ2v) is 3.90. The monoisotopic (exact) mass is 150 g/mol. The topological polar surface area (TPSA) is 15.6 Å². The van der Waals surface area contributed by atoms with Gasteiger partial charge in [0.25, 0.3) is 0 Å². The van der Waals surface area contributed by atoms with Crippen molar-refractivity contribution >= 4 is 6.21 Å². The highest BCUT2D eigenvalue weighted by Crippen LogP contribution is 2.52. The van der Waals surface area contributed by atoms with E-state index < -0.39 is 0 Å². The third kappa shape index (κ3) is 0.679. The van der Waals surface area contributed by atoms with Crippen molar-refractivity contribution < 1.29 is 0 Å². The zero-order valence-electron chi connectivity index (χ0n) is 7.33. The summed E-state index contributed by atoms with van der Waals surface area (Å²) >= 11 is 0. The van der Waals surface area contributed by atoms with Crippen LogP contribution in [0.1, 0.15) is 6.92 Å². The van der Waals surface area contributed by atoms with Crippen molar-refractivity contribution in [3.8, 4) is 0 Å². The molecule has 60 valence electrons. The zero-order valence-corrected chi connectivity index (χ0v) is 7.33. The normalized spacial score (nSPS) is 46.7. The van der Waals surface area contributed by atoms with Gasteiger partial charge in [-0.05, 0) is 26.6 Å². The number of nitrogens with zero attached hydrogens (tertiary/aromatic N) is 2. The molecule has 0 saturated heterocycles. The van der Waals surface area contributed by atoms with Crippen LogP contribution in [0.5, 0.6) is 0 Å². The first-order valence-electron chi connectivity index (χ1n) is 3.98. The smallest absolute Gasteiger partial charge is 0.0795 e. The highest BCUT2D eigenvalue weighted by Gasteiger charge is 2.58. The summed E-state index contributed by atoms with van der Waals surface area (Å²) in [6.45, 7) is 6.21. The van der Waals surface area contributed by atoms with E-state index in [-0.39, 0.29) is 5.54 Å². The van der Waals surface area contributed by atoms with Gasteiger partial charge in [0.1, 0.15) is 0 Å². The molecule has 3 atom stereocenters. The summed E-state index contributed by atoms with van der Waals surface area (Å²) in [5.41, 5.74) is 1.45. The van der Waals surface area contributed by atoms with Gasteiger partial charge in [-0.1, -0.05) is 6.58 Å². The molecule has 1 heterocycles.